The van der Waals surface area contributed by atoms with Gasteiger partial charge in [0, 0.05) is 6.54 Å². The molecule has 1 atom stereocenters. The Labute approximate surface area is 92.0 Å². The Kier molecular flexibility index (Phi) is 4.91. The Morgan fingerprint density at radius 1 is 1.47 bits per heavy atom. The van der Waals surface area contributed by atoms with Crippen molar-refractivity contribution in [2.24, 2.45) is 0 Å². The molecule has 0 amide bonds. The Morgan fingerprint density at radius 2 is 2.27 bits per heavy atom. The van der Waals surface area contributed by atoms with Gasteiger partial charge in [-0.05, 0) is 38.6 Å². The summed E-state index contributed by atoms with van der Waals surface area (Å²) >= 11 is 0. The number of allylic oxidation sites excluding steroid dienone is 1. The van der Waals surface area contributed by atoms with Crippen LogP contribution in [-0.4, -0.2) is 19.7 Å². The summed E-state index contributed by atoms with van der Waals surface area (Å²) in [6, 6.07) is 8.11. The molecule has 1 N–H and O–H groups in total. The van der Waals surface area contributed by atoms with Gasteiger partial charge in [0.05, 0.1) is 0 Å². The molecule has 0 saturated carbocycles. The second-order valence-corrected chi connectivity index (χ2v) is 3.56. The standard InChI is InChI=1S/C13H19NO/c1-4-6-12-7-5-8-13(9-12)15-11(2)10-14-3/h4-9,11,14H,10H2,1-3H3/b6-4+/t11-/m0/s1. The Hall–Kier alpha value is -1.28. The minimum Gasteiger partial charge on any atom is -0.489 e. The Balaban J connectivity index is 2.64. The van der Waals surface area contributed by atoms with E-state index >= 15 is 0 Å². The van der Waals surface area contributed by atoms with Gasteiger partial charge in [-0.15, -0.1) is 0 Å². The lowest BCUT2D eigenvalue weighted by atomic mass is 10.2. The number of likely N-dealkylation sites (N-methyl/N-ethyl adjacent to an activating group) is 1. The molecule has 2 nitrogen and oxygen atoms in total. The van der Waals surface area contributed by atoms with Crippen LogP contribution in [0.4, 0.5) is 0 Å². The highest BCUT2D eigenvalue weighted by molar-refractivity contribution is 5.51. The van der Waals surface area contributed by atoms with Crippen molar-refractivity contribution in [3.8, 4) is 5.75 Å². The minimum atomic E-state index is 0.191. The van der Waals surface area contributed by atoms with Gasteiger partial charge in [0.1, 0.15) is 11.9 Å². The normalized spacial score (nSPS) is 13.0. The fourth-order valence-electron chi connectivity index (χ4n) is 1.45. The topological polar surface area (TPSA) is 21.3 Å². The lowest BCUT2D eigenvalue weighted by Crippen LogP contribution is -2.25. The van der Waals surface area contributed by atoms with Gasteiger partial charge in [0.2, 0.25) is 0 Å². The van der Waals surface area contributed by atoms with Crippen LogP contribution in [-0.2, 0) is 0 Å². The van der Waals surface area contributed by atoms with Crippen molar-refractivity contribution in [2.45, 2.75) is 20.0 Å². The number of nitrogens with one attached hydrogen (secondary N) is 1. The summed E-state index contributed by atoms with van der Waals surface area (Å²) in [6.07, 6.45) is 4.28. The van der Waals surface area contributed by atoms with Crippen LogP contribution in [0.3, 0.4) is 0 Å². The van der Waals surface area contributed by atoms with Gasteiger partial charge in [0.15, 0.2) is 0 Å². The largest absolute Gasteiger partial charge is 0.489 e. The van der Waals surface area contributed by atoms with Crippen molar-refractivity contribution in [3.05, 3.63) is 35.9 Å². The number of benzene rings is 1. The number of ether oxygens (including phenoxy) is 1. The van der Waals surface area contributed by atoms with Gasteiger partial charge in [0.25, 0.3) is 0 Å². The molecule has 0 aromatic heterocycles. The van der Waals surface area contributed by atoms with Crippen molar-refractivity contribution in [1.29, 1.82) is 0 Å². The van der Waals surface area contributed by atoms with Gasteiger partial charge in [-0.1, -0.05) is 24.3 Å². The van der Waals surface area contributed by atoms with E-state index in [2.05, 4.69) is 24.4 Å². The van der Waals surface area contributed by atoms with E-state index < -0.39 is 0 Å². The van der Waals surface area contributed by atoms with Crippen LogP contribution >= 0.6 is 0 Å². The first-order valence-electron chi connectivity index (χ1n) is 5.30. The van der Waals surface area contributed by atoms with Gasteiger partial charge in [-0.25, -0.2) is 0 Å². The van der Waals surface area contributed by atoms with Crippen molar-refractivity contribution in [2.75, 3.05) is 13.6 Å². The lowest BCUT2D eigenvalue weighted by Gasteiger charge is -2.14. The molecule has 0 radical (unpaired) electrons. The predicted octanol–water partition coefficient (Wildman–Crippen LogP) is 2.71. The van der Waals surface area contributed by atoms with E-state index in [0.717, 1.165) is 12.3 Å². The zero-order chi connectivity index (χ0) is 11.1. The number of hydrogen-bond acceptors (Lipinski definition) is 2. The summed E-state index contributed by atoms with van der Waals surface area (Å²) < 4.78 is 5.75. The van der Waals surface area contributed by atoms with Crippen molar-refractivity contribution in [3.63, 3.8) is 0 Å². The summed E-state index contributed by atoms with van der Waals surface area (Å²) in [7, 11) is 1.93. The molecule has 0 aliphatic heterocycles. The third-order valence-corrected chi connectivity index (χ3v) is 2.05. The smallest absolute Gasteiger partial charge is 0.120 e. The number of hydrogen-bond donors (Lipinski definition) is 1. The maximum atomic E-state index is 5.75. The molecule has 0 fully saturated rings. The molecule has 2 heteroatoms. The van der Waals surface area contributed by atoms with Crippen LogP contribution in [0.2, 0.25) is 0 Å². The first kappa shape index (κ1) is 11.8. The van der Waals surface area contributed by atoms with Crippen LogP contribution in [0.25, 0.3) is 6.08 Å². The second-order valence-electron chi connectivity index (χ2n) is 3.56. The monoisotopic (exact) mass is 205 g/mol. The van der Waals surface area contributed by atoms with Gasteiger partial charge >= 0.3 is 0 Å². The van der Waals surface area contributed by atoms with Crippen molar-refractivity contribution in [1.82, 2.24) is 5.32 Å². The summed E-state index contributed by atoms with van der Waals surface area (Å²) in [4.78, 5) is 0. The molecule has 1 rings (SSSR count). The second kappa shape index (κ2) is 6.25. The average Bonchev–Trinajstić information content (AvgIpc) is 2.19. The Bertz CT molecular complexity index is 320. The van der Waals surface area contributed by atoms with Crippen LogP contribution in [0.15, 0.2) is 30.3 Å². The minimum absolute atomic E-state index is 0.191. The SMILES string of the molecule is C/C=C/c1cccc(O[C@@H](C)CNC)c1. The summed E-state index contributed by atoms with van der Waals surface area (Å²) in [6.45, 7) is 4.92. The molecule has 0 unspecified atom stereocenters. The van der Waals surface area contributed by atoms with E-state index in [1.54, 1.807) is 0 Å². The molecule has 0 spiro atoms. The van der Waals surface area contributed by atoms with Crippen molar-refractivity contribution >= 4 is 6.08 Å². The average molecular weight is 205 g/mol. The molecule has 0 aliphatic rings. The maximum absolute atomic E-state index is 5.75. The summed E-state index contributed by atoms with van der Waals surface area (Å²) in [5, 5.41) is 3.09. The predicted molar refractivity (Wildman–Crippen MR) is 65.2 cm³/mol. The van der Waals surface area contributed by atoms with Crippen molar-refractivity contribution < 1.29 is 4.74 Å². The molecular formula is C13H19NO. The van der Waals surface area contributed by atoms with E-state index in [1.165, 1.54) is 5.56 Å². The van der Waals surface area contributed by atoms with E-state index in [-0.39, 0.29) is 6.10 Å². The molecule has 15 heavy (non-hydrogen) atoms. The molecule has 0 bridgehead atoms. The molecule has 1 aromatic carbocycles. The van der Waals surface area contributed by atoms with E-state index in [4.69, 9.17) is 4.74 Å². The Morgan fingerprint density at radius 3 is 2.93 bits per heavy atom. The highest BCUT2D eigenvalue weighted by Gasteiger charge is 2.01. The fraction of sp³-hybridized carbons (Fsp3) is 0.385. The van der Waals surface area contributed by atoms with Crippen LogP contribution in [0.5, 0.6) is 5.75 Å². The highest BCUT2D eigenvalue weighted by atomic mass is 16.5. The molecule has 82 valence electrons. The van der Waals surface area contributed by atoms with E-state index in [9.17, 15) is 0 Å². The van der Waals surface area contributed by atoms with Crippen LogP contribution < -0.4 is 10.1 Å². The maximum Gasteiger partial charge on any atom is 0.120 e. The third-order valence-electron chi connectivity index (χ3n) is 2.05. The van der Waals surface area contributed by atoms with Gasteiger partial charge < -0.3 is 10.1 Å². The molecule has 1 aromatic rings. The molecule has 0 saturated heterocycles. The van der Waals surface area contributed by atoms with Crippen LogP contribution in [0.1, 0.15) is 19.4 Å². The molecule has 0 aliphatic carbocycles. The molecule has 0 heterocycles. The first-order valence-corrected chi connectivity index (χ1v) is 5.30. The fourth-order valence-corrected chi connectivity index (χ4v) is 1.45. The van der Waals surface area contributed by atoms with Gasteiger partial charge in [-0.2, -0.15) is 0 Å². The van der Waals surface area contributed by atoms with Crippen LogP contribution in [0, 0.1) is 0 Å². The van der Waals surface area contributed by atoms with E-state index in [1.807, 2.05) is 38.2 Å². The quantitative estimate of drug-likeness (QED) is 0.798. The highest BCUT2D eigenvalue weighted by Crippen LogP contribution is 2.15. The summed E-state index contributed by atoms with van der Waals surface area (Å²) in [5.41, 5.74) is 1.17. The number of rotatable bonds is 5. The zero-order valence-corrected chi connectivity index (χ0v) is 9.66. The van der Waals surface area contributed by atoms with Gasteiger partial charge in [-0.3, -0.25) is 0 Å². The zero-order valence-electron chi connectivity index (χ0n) is 9.66. The lowest BCUT2D eigenvalue weighted by molar-refractivity contribution is 0.220. The first-order chi connectivity index (χ1) is 7.26. The summed E-state index contributed by atoms with van der Waals surface area (Å²) in [5.74, 6) is 0.924. The van der Waals surface area contributed by atoms with E-state index in [0.29, 0.717) is 0 Å². The third kappa shape index (κ3) is 4.17. The molecular weight excluding hydrogens is 186 g/mol.